The SMILES string of the molecule is COC(=O)c1ccc(C(=O)OCC(=O)c2cc(F)ccc2F)cc1. The first-order valence-electron chi connectivity index (χ1n) is 6.76. The van der Waals surface area contributed by atoms with E-state index in [1.54, 1.807) is 0 Å². The van der Waals surface area contributed by atoms with Gasteiger partial charge in [-0.1, -0.05) is 0 Å². The van der Waals surface area contributed by atoms with Crippen molar-refractivity contribution in [3.8, 4) is 0 Å². The lowest BCUT2D eigenvalue weighted by molar-refractivity contribution is 0.0473. The van der Waals surface area contributed by atoms with Gasteiger partial charge >= 0.3 is 11.9 Å². The van der Waals surface area contributed by atoms with Crippen LogP contribution in [0.5, 0.6) is 0 Å². The first-order valence-corrected chi connectivity index (χ1v) is 6.76. The van der Waals surface area contributed by atoms with Gasteiger partial charge in [0.1, 0.15) is 11.6 Å². The number of methoxy groups -OCH3 is 1. The minimum atomic E-state index is -0.903. The fourth-order valence-electron chi connectivity index (χ4n) is 1.86. The maximum absolute atomic E-state index is 13.4. The lowest BCUT2D eigenvalue weighted by Crippen LogP contribution is -2.15. The lowest BCUT2D eigenvalue weighted by atomic mass is 10.1. The molecular formula is C17H12F2O5. The molecule has 124 valence electrons. The highest BCUT2D eigenvalue weighted by Gasteiger charge is 2.16. The van der Waals surface area contributed by atoms with Crippen molar-refractivity contribution in [3.05, 3.63) is 70.8 Å². The highest BCUT2D eigenvalue weighted by Crippen LogP contribution is 2.12. The normalized spacial score (nSPS) is 10.1. The number of hydrogen-bond donors (Lipinski definition) is 0. The smallest absolute Gasteiger partial charge is 0.338 e. The largest absolute Gasteiger partial charge is 0.465 e. The van der Waals surface area contributed by atoms with Crippen molar-refractivity contribution in [1.82, 2.24) is 0 Å². The molecule has 0 aliphatic heterocycles. The number of rotatable bonds is 5. The standard InChI is InChI=1S/C17H12F2O5/c1-23-16(21)10-2-4-11(5-3-10)17(22)24-9-15(20)13-8-12(18)6-7-14(13)19/h2-8H,9H2,1H3. The Morgan fingerprint density at radius 2 is 1.50 bits per heavy atom. The van der Waals surface area contributed by atoms with Crippen molar-refractivity contribution >= 4 is 17.7 Å². The molecule has 0 saturated heterocycles. The van der Waals surface area contributed by atoms with Crippen LogP contribution in [0.25, 0.3) is 0 Å². The number of ether oxygens (including phenoxy) is 2. The van der Waals surface area contributed by atoms with Gasteiger partial charge in [0.05, 0.1) is 23.8 Å². The zero-order valence-electron chi connectivity index (χ0n) is 12.5. The highest BCUT2D eigenvalue weighted by atomic mass is 19.1. The molecule has 2 rings (SSSR count). The number of halogens is 2. The summed E-state index contributed by atoms with van der Waals surface area (Å²) in [6, 6.07) is 7.78. The molecule has 0 atom stereocenters. The molecule has 5 nitrogen and oxygen atoms in total. The first kappa shape index (κ1) is 17.3. The molecule has 0 amide bonds. The second-order valence-corrected chi connectivity index (χ2v) is 4.69. The number of benzene rings is 2. The van der Waals surface area contributed by atoms with Crippen LogP contribution in [0, 0.1) is 11.6 Å². The highest BCUT2D eigenvalue weighted by molar-refractivity contribution is 5.99. The topological polar surface area (TPSA) is 69.7 Å². The molecule has 0 heterocycles. The summed E-state index contributed by atoms with van der Waals surface area (Å²) in [4.78, 5) is 34.9. The molecule has 0 saturated carbocycles. The molecule has 0 N–H and O–H groups in total. The van der Waals surface area contributed by atoms with Crippen LogP contribution < -0.4 is 0 Å². The predicted octanol–water partition coefficient (Wildman–Crippen LogP) is 2.79. The van der Waals surface area contributed by atoms with Crippen molar-refractivity contribution in [2.75, 3.05) is 13.7 Å². The number of carbonyl (C=O) groups excluding carboxylic acids is 3. The minimum absolute atomic E-state index is 0.0927. The Bertz CT molecular complexity index is 784. The number of esters is 2. The summed E-state index contributed by atoms with van der Waals surface area (Å²) in [6.07, 6.45) is 0. The lowest BCUT2D eigenvalue weighted by Gasteiger charge is -2.06. The van der Waals surface area contributed by atoms with Gasteiger partial charge in [-0.3, -0.25) is 4.79 Å². The summed E-state index contributed by atoms with van der Waals surface area (Å²) in [7, 11) is 1.22. The summed E-state index contributed by atoms with van der Waals surface area (Å²) in [5.74, 6) is -3.95. The van der Waals surface area contributed by atoms with Crippen LogP contribution in [0.2, 0.25) is 0 Å². The summed E-state index contributed by atoms with van der Waals surface area (Å²) in [5, 5.41) is 0. The van der Waals surface area contributed by atoms with Crippen LogP contribution in [0.3, 0.4) is 0 Å². The molecule has 0 fully saturated rings. The molecule has 0 radical (unpaired) electrons. The third-order valence-corrected chi connectivity index (χ3v) is 3.10. The summed E-state index contributed by atoms with van der Waals surface area (Å²) < 4.78 is 35.8. The summed E-state index contributed by atoms with van der Waals surface area (Å²) >= 11 is 0. The van der Waals surface area contributed by atoms with Gasteiger partial charge in [0.15, 0.2) is 6.61 Å². The Balaban J connectivity index is 2.01. The van der Waals surface area contributed by atoms with E-state index in [4.69, 9.17) is 4.74 Å². The van der Waals surface area contributed by atoms with Gasteiger partial charge in [0.25, 0.3) is 0 Å². The van der Waals surface area contributed by atoms with Crippen LogP contribution in [0.15, 0.2) is 42.5 Å². The van der Waals surface area contributed by atoms with E-state index in [0.29, 0.717) is 0 Å². The Labute approximate surface area is 135 Å². The Morgan fingerprint density at radius 3 is 2.08 bits per heavy atom. The van der Waals surface area contributed by atoms with Crippen molar-refractivity contribution < 1.29 is 32.6 Å². The number of Topliss-reactive ketones (excluding diaryl/α,β-unsaturated/α-hetero) is 1. The molecule has 0 aliphatic carbocycles. The van der Waals surface area contributed by atoms with Gasteiger partial charge in [-0.25, -0.2) is 18.4 Å². The van der Waals surface area contributed by atoms with E-state index in [0.717, 1.165) is 18.2 Å². The van der Waals surface area contributed by atoms with Gasteiger partial charge in [-0.05, 0) is 42.5 Å². The van der Waals surface area contributed by atoms with E-state index >= 15 is 0 Å². The van der Waals surface area contributed by atoms with Gasteiger partial charge in [-0.15, -0.1) is 0 Å². The van der Waals surface area contributed by atoms with Crippen molar-refractivity contribution in [1.29, 1.82) is 0 Å². The Kier molecular flexibility index (Phi) is 5.36. The summed E-state index contributed by atoms with van der Waals surface area (Å²) in [5.41, 5.74) is -0.161. The molecule has 0 unspecified atom stereocenters. The van der Waals surface area contributed by atoms with Crippen LogP contribution in [0.4, 0.5) is 8.78 Å². The van der Waals surface area contributed by atoms with Crippen LogP contribution in [-0.2, 0) is 9.47 Å². The fourth-order valence-corrected chi connectivity index (χ4v) is 1.86. The maximum atomic E-state index is 13.4. The third kappa shape index (κ3) is 4.01. The van der Waals surface area contributed by atoms with E-state index in [1.165, 1.54) is 31.4 Å². The third-order valence-electron chi connectivity index (χ3n) is 3.10. The molecule has 0 aromatic heterocycles. The second-order valence-electron chi connectivity index (χ2n) is 4.69. The van der Waals surface area contributed by atoms with E-state index in [9.17, 15) is 23.2 Å². The van der Waals surface area contributed by atoms with Crippen LogP contribution in [-0.4, -0.2) is 31.4 Å². The Morgan fingerprint density at radius 1 is 0.917 bits per heavy atom. The van der Waals surface area contributed by atoms with Gasteiger partial charge < -0.3 is 9.47 Å². The zero-order valence-corrected chi connectivity index (χ0v) is 12.5. The van der Waals surface area contributed by atoms with E-state index in [-0.39, 0.29) is 11.1 Å². The maximum Gasteiger partial charge on any atom is 0.338 e. The van der Waals surface area contributed by atoms with Crippen LogP contribution >= 0.6 is 0 Å². The molecule has 0 spiro atoms. The number of carbonyl (C=O) groups is 3. The zero-order chi connectivity index (χ0) is 17.7. The molecule has 2 aromatic carbocycles. The number of ketones is 1. The Hall–Kier alpha value is -3.09. The van der Waals surface area contributed by atoms with Gasteiger partial charge in [-0.2, -0.15) is 0 Å². The fraction of sp³-hybridized carbons (Fsp3) is 0.118. The van der Waals surface area contributed by atoms with Crippen molar-refractivity contribution in [3.63, 3.8) is 0 Å². The van der Waals surface area contributed by atoms with Crippen LogP contribution in [0.1, 0.15) is 31.1 Å². The molecule has 2 aromatic rings. The second kappa shape index (κ2) is 7.45. The quantitative estimate of drug-likeness (QED) is 0.621. The molecule has 0 bridgehead atoms. The average Bonchev–Trinajstić information content (AvgIpc) is 2.60. The minimum Gasteiger partial charge on any atom is -0.465 e. The first-order chi connectivity index (χ1) is 11.4. The van der Waals surface area contributed by atoms with E-state index in [2.05, 4.69) is 4.74 Å². The van der Waals surface area contributed by atoms with Gasteiger partial charge in [0, 0.05) is 0 Å². The molecule has 0 aliphatic rings. The van der Waals surface area contributed by atoms with Gasteiger partial charge in [0.2, 0.25) is 5.78 Å². The van der Waals surface area contributed by atoms with E-state index in [1.807, 2.05) is 0 Å². The van der Waals surface area contributed by atoms with Crippen molar-refractivity contribution in [2.45, 2.75) is 0 Å². The molecule has 7 heteroatoms. The summed E-state index contributed by atoms with van der Waals surface area (Å²) in [6.45, 7) is -0.738. The average molecular weight is 334 g/mol. The van der Waals surface area contributed by atoms with Crippen molar-refractivity contribution in [2.24, 2.45) is 0 Å². The predicted molar refractivity (Wildman–Crippen MR) is 78.8 cm³/mol. The molecular weight excluding hydrogens is 322 g/mol. The number of hydrogen-bond acceptors (Lipinski definition) is 5. The monoisotopic (exact) mass is 334 g/mol. The van der Waals surface area contributed by atoms with E-state index < -0.39 is 41.5 Å². The molecule has 24 heavy (non-hydrogen) atoms.